The first kappa shape index (κ1) is 24.8. The molecule has 0 aliphatic carbocycles. The number of hydrogen-bond acceptors (Lipinski definition) is 3. The smallest absolute Gasteiger partial charge is 0.368 e. The Balaban J connectivity index is 0.00000392. The zero-order valence-corrected chi connectivity index (χ0v) is 18.9. The van der Waals surface area contributed by atoms with Gasteiger partial charge in [0.05, 0.1) is 6.54 Å². The molecule has 160 valence electrons. The van der Waals surface area contributed by atoms with Crippen molar-refractivity contribution in [1.29, 1.82) is 0 Å². The number of alkyl halides is 3. The Hall–Kier alpha value is -1.23. The topological polar surface area (TPSA) is 34.1 Å². The standard InChI is InChI=1S/C19H30F3N5.HI/c1-3-23-18(24-10-7-11-25(2)16-19(20,21)22)27-14-12-26(13-15-27)17-8-5-4-6-9-17;/h4-6,8-9H,3,7,10-16H2,1-2H3,(H,23,24);1H. The fourth-order valence-corrected chi connectivity index (χ4v) is 3.15. The number of benzene rings is 1. The highest BCUT2D eigenvalue weighted by molar-refractivity contribution is 14.0. The lowest BCUT2D eigenvalue weighted by Crippen LogP contribution is -2.52. The van der Waals surface area contributed by atoms with Crippen molar-refractivity contribution in [1.82, 2.24) is 15.1 Å². The van der Waals surface area contributed by atoms with E-state index >= 15 is 0 Å². The predicted molar refractivity (Wildman–Crippen MR) is 120 cm³/mol. The summed E-state index contributed by atoms with van der Waals surface area (Å²) in [6, 6.07) is 10.3. The third-order valence-electron chi connectivity index (χ3n) is 4.44. The SMILES string of the molecule is CCNC(=NCCCN(C)CC(F)(F)F)N1CCN(c2ccccc2)CC1.I. The molecule has 0 atom stereocenters. The minimum atomic E-state index is -4.15. The minimum Gasteiger partial charge on any atom is -0.368 e. The number of nitrogens with one attached hydrogen (secondary N) is 1. The molecule has 28 heavy (non-hydrogen) atoms. The van der Waals surface area contributed by atoms with Crippen LogP contribution in [0.3, 0.4) is 0 Å². The summed E-state index contributed by atoms with van der Waals surface area (Å²) in [6.07, 6.45) is -3.54. The number of halogens is 4. The molecule has 1 saturated heterocycles. The molecule has 1 aliphatic heterocycles. The highest BCUT2D eigenvalue weighted by Gasteiger charge is 2.28. The van der Waals surface area contributed by atoms with Gasteiger partial charge in [0.15, 0.2) is 5.96 Å². The van der Waals surface area contributed by atoms with Crippen molar-refractivity contribution in [2.45, 2.75) is 19.5 Å². The molecule has 1 aliphatic rings. The van der Waals surface area contributed by atoms with Crippen molar-refractivity contribution >= 4 is 35.6 Å². The number of rotatable bonds is 7. The number of piperazine rings is 1. The van der Waals surface area contributed by atoms with Gasteiger partial charge < -0.3 is 15.1 Å². The molecule has 0 radical (unpaired) electrons. The lowest BCUT2D eigenvalue weighted by Gasteiger charge is -2.37. The molecule has 0 aromatic heterocycles. The van der Waals surface area contributed by atoms with Crippen molar-refractivity contribution in [2.75, 3.05) is 64.3 Å². The van der Waals surface area contributed by atoms with Crippen LogP contribution in [0.15, 0.2) is 35.3 Å². The van der Waals surface area contributed by atoms with Gasteiger partial charge in [0.1, 0.15) is 0 Å². The van der Waals surface area contributed by atoms with Crippen molar-refractivity contribution in [2.24, 2.45) is 4.99 Å². The summed E-state index contributed by atoms with van der Waals surface area (Å²) in [5.74, 6) is 0.851. The van der Waals surface area contributed by atoms with Gasteiger partial charge in [0, 0.05) is 45.0 Å². The van der Waals surface area contributed by atoms with Gasteiger partial charge in [0.2, 0.25) is 0 Å². The van der Waals surface area contributed by atoms with Gasteiger partial charge in [-0.15, -0.1) is 24.0 Å². The maximum absolute atomic E-state index is 12.4. The molecule has 1 aromatic rings. The molecule has 1 fully saturated rings. The first-order valence-electron chi connectivity index (χ1n) is 9.47. The second kappa shape index (κ2) is 12.4. The number of anilines is 1. The Labute approximate surface area is 183 Å². The monoisotopic (exact) mass is 513 g/mol. The lowest BCUT2D eigenvalue weighted by atomic mass is 10.2. The Morgan fingerprint density at radius 3 is 2.36 bits per heavy atom. The van der Waals surface area contributed by atoms with E-state index in [-0.39, 0.29) is 24.0 Å². The van der Waals surface area contributed by atoms with Crippen LogP contribution in [0, 0.1) is 0 Å². The number of guanidine groups is 1. The fraction of sp³-hybridized carbons (Fsp3) is 0.632. The molecule has 1 heterocycles. The third kappa shape index (κ3) is 8.85. The first-order valence-corrected chi connectivity index (χ1v) is 9.47. The van der Waals surface area contributed by atoms with Gasteiger partial charge in [-0.2, -0.15) is 13.2 Å². The highest BCUT2D eigenvalue weighted by Crippen LogP contribution is 2.16. The number of hydrogen-bond donors (Lipinski definition) is 1. The average Bonchev–Trinajstić information content (AvgIpc) is 2.64. The summed E-state index contributed by atoms with van der Waals surface area (Å²) >= 11 is 0. The summed E-state index contributed by atoms with van der Waals surface area (Å²) in [4.78, 5) is 10.5. The zero-order valence-electron chi connectivity index (χ0n) is 16.6. The van der Waals surface area contributed by atoms with Crippen LogP contribution >= 0.6 is 24.0 Å². The van der Waals surface area contributed by atoms with Gasteiger partial charge in [-0.1, -0.05) is 18.2 Å². The second-order valence-electron chi connectivity index (χ2n) is 6.75. The predicted octanol–water partition coefficient (Wildman–Crippen LogP) is 3.28. The maximum atomic E-state index is 12.4. The summed E-state index contributed by atoms with van der Waals surface area (Å²) < 4.78 is 37.1. The van der Waals surface area contributed by atoms with E-state index in [1.165, 1.54) is 17.6 Å². The molecule has 1 aromatic carbocycles. The Morgan fingerprint density at radius 2 is 1.79 bits per heavy atom. The van der Waals surface area contributed by atoms with Crippen LogP contribution in [0.4, 0.5) is 18.9 Å². The highest BCUT2D eigenvalue weighted by atomic mass is 127. The number of aliphatic imine (C=N–C) groups is 1. The molecule has 9 heteroatoms. The maximum Gasteiger partial charge on any atom is 0.401 e. The van der Waals surface area contributed by atoms with E-state index in [0.29, 0.717) is 19.5 Å². The molecule has 1 N–H and O–H groups in total. The second-order valence-corrected chi connectivity index (χ2v) is 6.75. The van der Waals surface area contributed by atoms with Gasteiger partial charge in [-0.3, -0.25) is 9.89 Å². The van der Waals surface area contributed by atoms with Crippen LogP contribution in [0.5, 0.6) is 0 Å². The molecule has 2 rings (SSSR count). The van der Waals surface area contributed by atoms with Gasteiger partial charge in [0.25, 0.3) is 0 Å². The summed E-state index contributed by atoms with van der Waals surface area (Å²) in [5, 5.41) is 3.30. The Morgan fingerprint density at radius 1 is 1.14 bits per heavy atom. The fourth-order valence-electron chi connectivity index (χ4n) is 3.15. The normalized spacial score (nSPS) is 15.6. The van der Waals surface area contributed by atoms with Crippen LogP contribution in [-0.2, 0) is 0 Å². The molecule has 0 spiro atoms. The summed E-state index contributed by atoms with van der Waals surface area (Å²) in [7, 11) is 1.49. The van der Waals surface area contributed by atoms with Crippen molar-refractivity contribution < 1.29 is 13.2 Å². The third-order valence-corrected chi connectivity index (χ3v) is 4.44. The van der Waals surface area contributed by atoms with Crippen LogP contribution in [0.25, 0.3) is 0 Å². The van der Waals surface area contributed by atoms with E-state index in [4.69, 9.17) is 0 Å². The van der Waals surface area contributed by atoms with Crippen LogP contribution in [0.1, 0.15) is 13.3 Å². The lowest BCUT2D eigenvalue weighted by molar-refractivity contribution is -0.143. The van der Waals surface area contributed by atoms with Gasteiger partial charge >= 0.3 is 6.18 Å². The molecular weight excluding hydrogens is 482 g/mol. The average molecular weight is 513 g/mol. The van der Waals surface area contributed by atoms with Crippen LogP contribution < -0.4 is 10.2 Å². The zero-order chi connectivity index (χ0) is 19.7. The number of para-hydroxylation sites is 1. The molecule has 0 amide bonds. The van der Waals surface area contributed by atoms with E-state index in [9.17, 15) is 13.2 Å². The Kier molecular flexibility index (Phi) is 10.9. The number of nitrogens with zero attached hydrogens (tertiary/aromatic N) is 4. The quantitative estimate of drug-likeness (QED) is 0.263. The molecule has 0 saturated carbocycles. The molecule has 0 unspecified atom stereocenters. The molecular formula is C19H31F3IN5. The molecule has 0 bridgehead atoms. The Bertz CT molecular complexity index is 575. The van der Waals surface area contributed by atoms with Gasteiger partial charge in [-0.05, 0) is 39.1 Å². The van der Waals surface area contributed by atoms with E-state index in [1.807, 2.05) is 25.1 Å². The van der Waals surface area contributed by atoms with E-state index in [0.717, 1.165) is 38.7 Å². The van der Waals surface area contributed by atoms with Crippen molar-refractivity contribution in [3.05, 3.63) is 30.3 Å². The van der Waals surface area contributed by atoms with Gasteiger partial charge in [-0.25, -0.2) is 0 Å². The van der Waals surface area contributed by atoms with Crippen LogP contribution in [0.2, 0.25) is 0 Å². The van der Waals surface area contributed by atoms with E-state index in [2.05, 4.69) is 32.2 Å². The van der Waals surface area contributed by atoms with Crippen LogP contribution in [-0.4, -0.2) is 81.3 Å². The van der Waals surface area contributed by atoms with E-state index < -0.39 is 12.7 Å². The largest absolute Gasteiger partial charge is 0.401 e. The summed E-state index contributed by atoms with van der Waals surface area (Å²) in [6.45, 7) is 6.39. The summed E-state index contributed by atoms with van der Waals surface area (Å²) in [5.41, 5.74) is 1.23. The first-order chi connectivity index (χ1) is 12.9. The van der Waals surface area contributed by atoms with Crippen molar-refractivity contribution in [3.63, 3.8) is 0 Å². The molecule has 5 nitrogen and oxygen atoms in total. The minimum absolute atomic E-state index is 0. The van der Waals surface area contributed by atoms with Crippen molar-refractivity contribution in [3.8, 4) is 0 Å². The van der Waals surface area contributed by atoms with E-state index in [1.54, 1.807) is 0 Å².